The highest BCUT2D eigenvalue weighted by molar-refractivity contribution is 6.00. The molecule has 1 fully saturated rings. The number of aryl methyl sites for hydroxylation is 2. The van der Waals surface area contributed by atoms with Gasteiger partial charge in [-0.05, 0) is 31.5 Å². The van der Waals surface area contributed by atoms with Gasteiger partial charge in [0.25, 0.3) is 5.91 Å². The lowest BCUT2D eigenvalue weighted by Crippen LogP contribution is -2.48. The van der Waals surface area contributed by atoms with Crippen molar-refractivity contribution in [1.82, 2.24) is 14.7 Å². The van der Waals surface area contributed by atoms with Crippen LogP contribution in [0.4, 0.5) is 5.69 Å². The van der Waals surface area contributed by atoms with Crippen molar-refractivity contribution in [3.63, 3.8) is 0 Å². The number of carbonyl (C=O) groups is 1. The Kier molecular flexibility index (Phi) is 6.27. The van der Waals surface area contributed by atoms with Crippen LogP contribution < -0.4 is 4.90 Å². The van der Waals surface area contributed by atoms with Crippen LogP contribution >= 0.6 is 0 Å². The van der Waals surface area contributed by atoms with Crippen LogP contribution in [0.1, 0.15) is 27.0 Å². The summed E-state index contributed by atoms with van der Waals surface area (Å²) in [6, 6.07) is 23.8. The summed E-state index contributed by atoms with van der Waals surface area (Å²) >= 11 is 0. The molecule has 1 amide bonds. The normalized spacial score (nSPS) is 13.8. The number of benzene rings is 3. The van der Waals surface area contributed by atoms with Gasteiger partial charge < -0.3 is 14.9 Å². The molecule has 0 spiro atoms. The third-order valence-electron chi connectivity index (χ3n) is 6.54. The van der Waals surface area contributed by atoms with E-state index in [0.717, 1.165) is 22.5 Å². The second kappa shape index (κ2) is 9.66. The molecule has 5 rings (SSSR count). The number of rotatable bonds is 5. The molecular weight excluding hydrogens is 436 g/mol. The van der Waals surface area contributed by atoms with Crippen molar-refractivity contribution in [3.8, 4) is 17.0 Å². The van der Waals surface area contributed by atoms with Crippen LogP contribution in [0.5, 0.6) is 5.75 Å². The molecule has 4 aromatic rings. The molecule has 0 saturated carbocycles. The maximum Gasteiger partial charge on any atom is 0.257 e. The third kappa shape index (κ3) is 5.06. The van der Waals surface area contributed by atoms with Gasteiger partial charge in [-0.15, -0.1) is 0 Å². The molecule has 0 atom stereocenters. The van der Waals surface area contributed by atoms with Gasteiger partial charge in [0, 0.05) is 49.7 Å². The number of nitrogens with zero attached hydrogens (tertiary/aromatic N) is 4. The first-order chi connectivity index (χ1) is 17.0. The Morgan fingerprint density at radius 1 is 0.886 bits per heavy atom. The number of hydrogen-bond acceptors (Lipinski definition) is 4. The SMILES string of the molecule is Cc1ccc(Cn2cc(C(=O)N3CCN(c4cccc(O)c4)CC3)c(-c3ccc(C)cc3)n2)cc1. The van der Waals surface area contributed by atoms with Crippen molar-refractivity contribution >= 4 is 11.6 Å². The Morgan fingerprint density at radius 3 is 2.20 bits per heavy atom. The summed E-state index contributed by atoms with van der Waals surface area (Å²) < 4.78 is 1.87. The standard InChI is InChI=1S/C29H30N4O2/c1-21-6-10-23(11-7-21)19-33-20-27(28(30-33)24-12-8-22(2)9-13-24)29(35)32-16-14-31(15-17-32)25-4-3-5-26(34)18-25/h3-13,18,20,34H,14-17,19H2,1-2H3. The van der Waals surface area contributed by atoms with Crippen molar-refractivity contribution in [3.05, 3.63) is 101 Å². The number of aromatic hydroxyl groups is 1. The van der Waals surface area contributed by atoms with Gasteiger partial charge in [0.05, 0.1) is 12.1 Å². The molecule has 1 aliphatic rings. The number of piperazine rings is 1. The quantitative estimate of drug-likeness (QED) is 0.455. The number of carbonyl (C=O) groups excluding carboxylic acids is 1. The Labute approximate surface area is 206 Å². The largest absolute Gasteiger partial charge is 0.508 e. The van der Waals surface area contributed by atoms with E-state index >= 15 is 0 Å². The maximum atomic E-state index is 13.7. The Bertz CT molecular complexity index is 1320. The molecule has 6 nitrogen and oxygen atoms in total. The number of hydrogen-bond donors (Lipinski definition) is 1. The van der Waals surface area contributed by atoms with E-state index < -0.39 is 0 Å². The molecule has 1 saturated heterocycles. The summed E-state index contributed by atoms with van der Waals surface area (Å²) in [6.45, 7) is 7.40. The van der Waals surface area contributed by atoms with Crippen LogP contribution in [0.25, 0.3) is 11.3 Å². The zero-order chi connectivity index (χ0) is 24.4. The summed E-state index contributed by atoms with van der Waals surface area (Å²) in [7, 11) is 0. The summed E-state index contributed by atoms with van der Waals surface area (Å²) in [5.41, 5.74) is 6.80. The zero-order valence-corrected chi connectivity index (χ0v) is 20.2. The maximum absolute atomic E-state index is 13.7. The van der Waals surface area contributed by atoms with Crippen molar-refractivity contribution in [2.45, 2.75) is 20.4 Å². The van der Waals surface area contributed by atoms with Gasteiger partial charge in [-0.1, -0.05) is 65.7 Å². The van der Waals surface area contributed by atoms with E-state index in [1.54, 1.807) is 12.1 Å². The first-order valence-corrected chi connectivity index (χ1v) is 12.0. The molecule has 1 aromatic heterocycles. The second-order valence-electron chi connectivity index (χ2n) is 9.24. The lowest BCUT2D eigenvalue weighted by molar-refractivity contribution is 0.0747. The number of amides is 1. The van der Waals surface area contributed by atoms with E-state index in [1.165, 1.54) is 11.1 Å². The summed E-state index contributed by atoms with van der Waals surface area (Å²) in [4.78, 5) is 17.8. The number of aromatic nitrogens is 2. The van der Waals surface area contributed by atoms with E-state index in [4.69, 9.17) is 5.10 Å². The van der Waals surface area contributed by atoms with Gasteiger partial charge in [-0.3, -0.25) is 9.48 Å². The van der Waals surface area contributed by atoms with Crippen LogP contribution in [0, 0.1) is 13.8 Å². The molecule has 1 N–H and O–H groups in total. The van der Waals surface area contributed by atoms with Gasteiger partial charge in [0.2, 0.25) is 0 Å². The number of phenolic OH excluding ortho intramolecular Hbond substituents is 1. The third-order valence-corrected chi connectivity index (χ3v) is 6.54. The van der Waals surface area contributed by atoms with E-state index in [-0.39, 0.29) is 11.7 Å². The van der Waals surface area contributed by atoms with Crippen molar-refractivity contribution in [2.24, 2.45) is 0 Å². The Balaban J connectivity index is 1.39. The molecule has 0 unspecified atom stereocenters. The topological polar surface area (TPSA) is 61.6 Å². The van der Waals surface area contributed by atoms with Gasteiger partial charge in [-0.2, -0.15) is 5.10 Å². The van der Waals surface area contributed by atoms with Crippen LogP contribution in [0.15, 0.2) is 79.0 Å². The lowest BCUT2D eigenvalue weighted by atomic mass is 10.1. The molecule has 3 aromatic carbocycles. The fourth-order valence-electron chi connectivity index (χ4n) is 4.49. The molecular formula is C29H30N4O2. The van der Waals surface area contributed by atoms with Gasteiger partial charge in [-0.25, -0.2) is 0 Å². The molecule has 0 bridgehead atoms. The number of anilines is 1. The molecule has 0 aliphatic carbocycles. The van der Waals surface area contributed by atoms with Crippen LogP contribution in [-0.4, -0.2) is 51.9 Å². The highest BCUT2D eigenvalue weighted by atomic mass is 16.3. The van der Waals surface area contributed by atoms with Crippen molar-refractivity contribution in [1.29, 1.82) is 0 Å². The summed E-state index contributed by atoms with van der Waals surface area (Å²) in [5.74, 6) is 0.260. The molecule has 6 heteroatoms. The van der Waals surface area contributed by atoms with E-state index in [2.05, 4.69) is 55.1 Å². The molecule has 2 heterocycles. The van der Waals surface area contributed by atoms with E-state index in [9.17, 15) is 9.90 Å². The average molecular weight is 467 g/mol. The fraction of sp³-hybridized carbons (Fsp3) is 0.241. The van der Waals surface area contributed by atoms with Crippen LogP contribution in [0.2, 0.25) is 0 Å². The molecule has 0 radical (unpaired) electrons. The lowest BCUT2D eigenvalue weighted by Gasteiger charge is -2.36. The smallest absolute Gasteiger partial charge is 0.257 e. The van der Waals surface area contributed by atoms with Gasteiger partial charge >= 0.3 is 0 Å². The first kappa shape index (κ1) is 22.7. The minimum absolute atomic E-state index is 0.00582. The first-order valence-electron chi connectivity index (χ1n) is 12.0. The molecule has 178 valence electrons. The molecule has 1 aliphatic heterocycles. The number of phenols is 1. The second-order valence-corrected chi connectivity index (χ2v) is 9.24. The Morgan fingerprint density at radius 2 is 1.54 bits per heavy atom. The van der Waals surface area contributed by atoms with Crippen LogP contribution in [-0.2, 0) is 6.54 Å². The van der Waals surface area contributed by atoms with Gasteiger partial charge in [0.1, 0.15) is 11.4 Å². The molecule has 35 heavy (non-hydrogen) atoms. The summed E-state index contributed by atoms with van der Waals surface area (Å²) in [5, 5.41) is 14.7. The minimum Gasteiger partial charge on any atom is -0.508 e. The Hall–Kier alpha value is -4.06. The van der Waals surface area contributed by atoms with Crippen molar-refractivity contribution < 1.29 is 9.90 Å². The summed E-state index contributed by atoms with van der Waals surface area (Å²) in [6.07, 6.45) is 1.89. The predicted octanol–water partition coefficient (Wildman–Crippen LogP) is 4.88. The van der Waals surface area contributed by atoms with E-state index in [0.29, 0.717) is 38.3 Å². The highest BCUT2D eigenvalue weighted by Crippen LogP contribution is 2.26. The average Bonchev–Trinajstić information content (AvgIpc) is 3.29. The highest BCUT2D eigenvalue weighted by Gasteiger charge is 2.26. The van der Waals surface area contributed by atoms with Crippen LogP contribution in [0.3, 0.4) is 0 Å². The van der Waals surface area contributed by atoms with Crippen molar-refractivity contribution in [2.75, 3.05) is 31.1 Å². The fourth-order valence-corrected chi connectivity index (χ4v) is 4.49. The van der Waals surface area contributed by atoms with Gasteiger partial charge in [0.15, 0.2) is 0 Å². The predicted molar refractivity (Wildman–Crippen MR) is 139 cm³/mol. The minimum atomic E-state index is 0.00582. The van der Waals surface area contributed by atoms with E-state index in [1.807, 2.05) is 40.0 Å². The zero-order valence-electron chi connectivity index (χ0n) is 20.2. The monoisotopic (exact) mass is 466 g/mol.